The molecule has 1 aromatic heterocycles. The van der Waals surface area contributed by atoms with E-state index in [-0.39, 0.29) is 18.0 Å². The van der Waals surface area contributed by atoms with E-state index in [4.69, 9.17) is 10.2 Å². The summed E-state index contributed by atoms with van der Waals surface area (Å²) in [6.07, 6.45) is 7.23. The van der Waals surface area contributed by atoms with Crippen LogP contribution in [0.15, 0.2) is 23.0 Å². The number of carbonyl (C=O) groups excluding carboxylic acids is 1. The molecule has 1 aliphatic rings. The van der Waals surface area contributed by atoms with Gasteiger partial charge in [0.2, 0.25) is 0 Å². The first kappa shape index (κ1) is 10.2. The molecule has 2 rings (SSSR count). The zero-order valence-electron chi connectivity index (χ0n) is 8.61. The molecule has 15 heavy (non-hydrogen) atoms. The molecular formula is C11H16N2O2. The van der Waals surface area contributed by atoms with Crippen molar-refractivity contribution in [2.45, 2.75) is 37.8 Å². The number of amides is 1. The van der Waals surface area contributed by atoms with Crippen LogP contribution in [0.3, 0.4) is 0 Å². The van der Waals surface area contributed by atoms with E-state index < -0.39 is 0 Å². The highest BCUT2D eigenvalue weighted by Crippen LogP contribution is 2.17. The van der Waals surface area contributed by atoms with Crippen molar-refractivity contribution in [2.75, 3.05) is 0 Å². The molecule has 82 valence electrons. The molecule has 0 spiro atoms. The smallest absolute Gasteiger partial charge is 0.254 e. The number of hydrogen-bond donors (Lipinski definition) is 2. The maximum atomic E-state index is 11.7. The number of carbonyl (C=O) groups is 1. The van der Waals surface area contributed by atoms with E-state index in [1.165, 1.54) is 18.9 Å². The van der Waals surface area contributed by atoms with Crippen molar-refractivity contribution in [3.63, 3.8) is 0 Å². The first-order valence-corrected chi connectivity index (χ1v) is 5.36. The van der Waals surface area contributed by atoms with Gasteiger partial charge >= 0.3 is 0 Å². The van der Waals surface area contributed by atoms with Crippen LogP contribution in [0.25, 0.3) is 0 Å². The zero-order valence-corrected chi connectivity index (χ0v) is 8.61. The summed E-state index contributed by atoms with van der Waals surface area (Å²) in [5, 5.41) is 2.95. The molecule has 0 bridgehead atoms. The highest BCUT2D eigenvalue weighted by molar-refractivity contribution is 5.94. The molecule has 1 heterocycles. The summed E-state index contributed by atoms with van der Waals surface area (Å²) in [6.45, 7) is 0. The van der Waals surface area contributed by atoms with Crippen molar-refractivity contribution in [3.05, 3.63) is 24.2 Å². The molecule has 4 nitrogen and oxygen atoms in total. The van der Waals surface area contributed by atoms with Crippen molar-refractivity contribution in [2.24, 2.45) is 5.73 Å². The van der Waals surface area contributed by atoms with E-state index in [0.717, 1.165) is 19.3 Å². The van der Waals surface area contributed by atoms with Crippen molar-refractivity contribution in [3.8, 4) is 0 Å². The Balaban J connectivity index is 1.93. The van der Waals surface area contributed by atoms with Gasteiger partial charge < -0.3 is 15.5 Å². The molecule has 0 aliphatic heterocycles. The van der Waals surface area contributed by atoms with Gasteiger partial charge in [0.05, 0.1) is 11.8 Å². The van der Waals surface area contributed by atoms with Gasteiger partial charge in [-0.3, -0.25) is 4.79 Å². The van der Waals surface area contributed by atoms with Crippen LogP contribution in [0, 0.1) is 0 Å². The minimum absolute atomic E-state index is 0.0916. The maximum Gasteiger partial charge on any atom is 0.254 e. The molecule has 0 unspecified atom stereocenters. The van der Waals surface area contributed by atoms with Crippen LogP contribution < -0.4 is 11.1 Å². The molecular weight excluding hydrogens is 192 g/mol. The van der Waals surface area contributed by atoms with Gasteiger partial charge in [-0.05, 0) is 18.9 Å². The minimum Gasteiger partial charge on any atom is -0.472 e. The van der Waals surface area contributed by atoms with Crippen molar-refractivity contribution < 1.29 is 9.21 Å². The molecule has 1 amide bonds. The van der Waals surface area contributed by atoms with Gasteiger partial charge in [-0.1, -0.05) is 12.8 Å². The van der Waals surface area contributed by atoms with Gasteiger partial charge in [-0.15, -0.1) is 0 Å². The molecule has 1 saturated carbocycles. The monoisotopic (exact) mass is 208 g/mol. The van der Waals surface area contributed by atoms with E-state index in [9.17, 15) is 4.79 Å². The topological polar surface area (TPSA) is 68.3 Å². The lowest BCUT2D eigenvalue weighted by Crippen LogP contribution is -2.49. The van der Waals surface area contributed by atoms with Crippen LogP contribution in [0.4, 0.5) is 0 Å². The molecule has 1 fully saturated rings. The molecule has 0 aromatic carbocycles. The minimum atomic E-state index is -0.0916. The van der Waals surface area contributed by atoms with Gasteiger partial charge in [-0.2, -0.15) is 0 Å². The van der Waals surface area contributed by atoms with E-state index in [1.54, 1.807) is 6.07 Å². The molecule has 2 atom stereocenters. The third-order valence-electron chi connectivity index (χ3n) is 2.92. The van der Waals surface area contributed by atoms with Crippen molar-refractivity contribution in [1.29, 1.82) is 0 Å². The van der Waals surface area contributed by atoms with Crippen LogP contribution in [0.2, 0.25) is 0 Å². The fourth-order valence-corrected chi connectivity index (χ4v) is 1.98. The van der Waals surface area contributed by atoms with E-state index in [0.29, 0.717) is 5.56 Å². The zero-order chi connectivity index (χ0) is 10.7. The predicted molar refractivity (Wildman–Crippen MR) is 56.4 cm³/mol. The second-order valence-electron chi connectivity index (χ2n) is 4.04. The highest BCUT2D eigenvalue weighted by atomic mass is 16.3. The average molecular weight is 208 g/mol. The standard InChI is InChI=1S/C11H16N2O2/c12-9-3-1-2-4-10(9)13-11(14)8-5-6-15-7-8/h5-7,9-10H,1-4,12H2,(H,13,14)/t9-,10-/m1/s1. The lowest BCUT2D eigenvalue weighted by atomic mass is 9.91. The van der Waals surface area contributed by atoms with E-state index in [2.05, 4.69) is 5.32 Å². The Morgan fingerprint density at radius 3 is 2.93 bits per heavy atom. The van der Waals surface area contributed by atoms with Crippen LogP contribution in [0.1, 0.15) is 36.0 Å². The number of nitrogens with two attached hydrogens (primary N) is 1. The van der Waals surface area contributed by atoms with Gasteiger partial charge in [0.1, 0.15) is 6.26 Å². The third kappa shape index (κ3) is 2.39. The van der Waals surface area contributed by atoms with E-state index in [1.807, 2.05) is 0 Å². The molecule has 0 radical (unpaired) electrons. The Morgan fingerprint density at radius 1 is 1.47 bits per heavy atom. The first-order chi connectivity index (χ1) is 7.27. The van der Waals surface area contributed by atoms with Crippen molar-refractivity contribution in [1.82, 2.24) is 5.32 Å². The fourth-order valence-electron chi connectivity index (χ4n) is 1.98. The molecule has 3 N–H and O–H groups in total. The Kier molecular flexibility index (Phi) is 3.06. The quantitative estimate of drug-likeness (QED) is 0.769. The number of hydrogen-bond acceptors (Lipinski definition) is 3. The Bertz CT molecular complexity index is 321. The highest BCUT2D eigenvalue weighted by Gasteiger charge is 2.23. The molecule has 1 aromatic rings. The maximum absolute atomic E-state index is 11.7. The number of nitrogens with one attached hydrogen (secondary N) is 1. The SMILES string of the molecule is N[C@@H]1CCCC[C@H]1NC(=O)c1ccoc1. The van der Waals surface area contributed by atoms with E-state index >= 15 is 0 Å². The Labute approximate surface area is 88.8 Å². The summed E-state index contributed by atoms with van der Waals surface area (Å²) >= 11 is 0. The molecule has 4 heteroatoms. The average Bonchev–Trinajstić information content (AvgIpc) is 2.74. The van der Waals surface area contributed by atoms with Crippen LogP contribution in [-0.4, -0.2) is 18.0 Å². The summed E-state index contributed by atoms with van der Waals surface area (Å²) in [6, 6.07) is 1.86. The number of rotatable bonds is 2. The fraction of sp³-hybridized carbons (Fsp3) is 0.545. The van der Waals surface area contributed by atoms with Crippen LogP contribution in [-0.2, 0) is 0 Å². The van der Waals surface area contributed by atoms with Gasteiger partial charge in [0.15, 0.2) is 0 Å². The normalized spacial score (nSPS) is 26.2. The molecule has 0 saturated heterocycles. The summed E-state index contributed by atoms with van der Waals surface area (Å²) < 4.78 is 4.86. The van der Waals surface area contributed by atoms with Crippen molar-refractivity contribution >= 4 is 5.91 Å². The third-order valence-corrected chi connectivity index (χ3v) is 2.92. The Morgan fingerprint density at radius 2 is 2.27 bits per heavy atom. The largest absolute Gasteiger partial charge is 0.472 e. The lowest BCUT2D eigenvalue weighted by Gasteiger charge is -2.29. The van der Waals surface area contributed by atoms with Gasteiger partial charge in [-0.25, -0.2) is 0 Å². The second-order valence-corrected chi connectivity index (χ2v) is 4.04. The first-order valence-electron chi connectivity index (χ1n) is 5.36. The van der Waals surface area contributed by atoms with Crippen LogP contribution in [0.5, 0.6) is 0 Å². The molecule has 1 aliphatic carbocycles. The summed E-state index contributed by atoms with van der Waals surface area (Å²) in [5.74, 6) is -0.0916. The lowest BCUT2D eigenvalue weighted by molar-refractivity contribution is 0.0920. The predicted octanol–water partition coefficient (Wildman–Crippen LogP) is 1.28. The summed E-state index contributed by atoms with van der Waals surface area (Å²) in [7, 11) is 0. The van der Waals surface area contributed by atoms with Gasteiger partial charge in [0, 0.05) is 12.1 Å². The Hall–Kier alpha value is -1.29. The number of furan rings is 1. The van der Waals surface area contributed by atoms with Gasteiger partial charge in [0.25, 0.3) is 5.91 Å². The summed E-state index contributed by atoms with van der Waals surface area (Å²) in [5.41, 5.74) is 6.51. The second kappa shape index (κ2) is 4.49. The summed E-state index contributed by atoms with van der Waals surface area (Å²) in [4.78, 5) is 11.7. The van der Waals surface area contributed by atoms with Crippen LogP contribution >= 0.6 is 0 Å².